The molecular formula is C25H25N3O5S. The summed E-state index contributed by atoms with van der Waals surface area (Å²) >= 11 is 0. The fraction of sp³-hybridized carbons (Fsp3) is 0.240. The lowest BCUT2D eigenvalue weighted by molar-refractivity contribution is 0.164. The van der Waals surface area contributed by atoms with Gasteiger partial charge in [0.2, 0.25) is 5.89 Å². The zero-order valence-electron chi connectivity index (χ0n) is 19.1. The molecular weight excluding hydrogens is 454 g/mol. The molecule has 0 bridgehead atoms. The molecule has 1 atom stereocenters. The minimum absolute atomic E-state index is 0.124. The number of benzene rings is 3. The van der Waals surface area contributed by atoms with Gasteiger partial charge in [-0.2, -0.15) is 0 Å². The highest BCUT2D eigenvalue weighted by molar-refractivity contribution is 7.92. The number of hydrogen-bond acceptors (Lipinski definition) is 7. The van der Waals surface area contributed by atoms with Gasteiger partial charge in [-0.3, -0.25) is 4.72 Å². The average Bonchev–Trinajstić information content (AvgIpc) is 3.28. The van der Waals surface area contributed by atoms with E-state index in [9.17, 15) is 8.42 Å². The molecule has 1 aromatic heterocycles. The van der Waals surface area contributed by atoms with Crippen LogP contribution in [0.5, 0.6) is 11.5 Å². The van der Waals surface area contributed by atoms with Crippen LogP contribution in [0.3, 0.4) is 0 Å². The van der Waals surface area contributed by atoms with Gasteiger partial charge >= 0.3 is 0 Å². The fourth-order valence-electron chi connectivity index (χ4n) is 4.02. The molecule has 0 aliphatic carbocycles. The van der Waals surface area contributed by atoms with E-state index in [1.807, 2.05) is 38.4 Å². The standard InChI is InChI=1S/C25H25N3O5S/c1-28(2)17-14-19-22(31-3)13-12-21(24(19)32-15-17)27-34(29,30)18-10-8-16(9-11-18)25-26-20-6-4-5-7-23(20)33-25/h4-13,17,27H,14-15H2,1-3H3/t17-/m1/s1. The molecule has 34 heavy (non-hydrogen) atoms. The highest BCUT2D eigenvalue weighted by Crippen LogP contribution is 2.40. The molecule has 4 aromatic rings. The molecule has 9 heteroatoms. The van der Waals surface area contributed by atoms with Crippen molar-refractivity contribution < 1.29 is 22.3 Å². The number of anilines is 1. The largest absolute Gasteiger partial charge is 0.496 e. The third kappa shape index (κ3) is 4.08. The van der Waals surface area contributed by atoms with E-state index in [-0.39, 0.29) is 10.9 Å². The molecule has 1 aliphatic heterocycles. The Morgan fingerprint density at radius 2 is 1.82 bits per heavy atom. The first-order valence-electron chi connectivity index (χ1n) is 10.8. The second kappa shape index (κ2) is 8.66. The van der Waals surface area contributed by atoms with Gasteiger partial charge in [0, 0.05) is 17.2 Å². The lowest BCUT2D eigenvalue weighted by atomic mass is 10.00. The first kappa shape index (κ1) is 22.2. The van der Waals surface area contributed by atoms with Crippen LogP contribution in [-0.2, 0) is 16.4 Å². The zero-order chi connectivity index (χ0) is 23.9. The van der Waals surface area contributed by atoms with E-state index in [4.69, 9.17) is 13.9 Å². The van der Waals surface area contributed by atoms with Gasteiger partial charge < -0.3 is 18.8 Å². The molecule has 176 valence electrons. The number of aromatic nitrogens is 1. The van der Waals surface area contributed by atoms with Crippen molar-refractivity contribution in [1.29, 1.82) is 0 Å². The monoisotopic (exact) mass is 479 g/mol. The Morgan fingerprint density at radius 1 is 1.06 bits per heavy atom. The van der Waals surface area contributed by atoms with Gasteiger partial charge in [0.25, 0.3) is 10.0 Å². The third-order valence-corrected chi connectivity index (χ3v) is 7.36. The molecule has 1 aliphatic rings. The maximum Gasteiger partial charge on any atom is 0.262 e. The van der Waals surface area contributed by atoms with E-state index in [1.165, 1.54) is 12.1 Å². The van der Waals surface area contributed by atoms with Crippen LogP contribution in [0.15, 0.2) is 70.0 Å². The first-order chi connectivity index (χ1) is 16.4. The minimum atomic E-state index is -3.85. The Balaban J connectivity index is 1.42. The summed E-state index contributed by atoms with van der Waals surface area (Å²) in [4.78, 5) is 6.67. The van der Waals surface area contributed by atoms with Crippen molar-refractivity contribution in [2.75, 3.05) is 32.5 Å². The molecule has 0 fully saturated rings. The number of likely N-dealkylation sites (N-methyl/N-ethyl adjacent to an activating group) is 1. The average molecular weight is 480 g/mol. The molecule has 0 amide bonds. The fourth-order valence-corrected chi connectivity index (χ4v) is 5.08. The molecule has 0 spiro atoms. The van der Waals surface area contributed by atoms with Gasteiger partial charge in [0.1, 0.15) is 23.6 Å². The number of oxazole rings is 1. The molecule has 0 saturated heterocycles. The SMILES string of the molecule is COc1ccc(NS(=O)(=O)c2ccc(-c3nc4ccccc4o3)cc2)c2c1C[C@@H](N(C)C)CO2. The summed E-state index contributed by atoms with van der Waals surface area (Å²) in [6, 6.07) is 17.5. The predicted octanol–water partition coefficient (Wildman–Crippen LogP) is 4.17. The van der Waals surface area contributed by atoms with Crippen LogP contribution in [0.25, 0.3) is 22.6 Å². The minimum Gasteiger partial charge on any atom is -0.496 e. The number of para-hydroxylation sites is 2. The van der Waals surface area contributed by atoms with E-state index >= 15 is 0 Å². The molecule has 5 rings (SSSR count). The number of rotatable bonds is 6. The van der Waals surface area contributed by atoms with Gasteiger partial charge in [0.15, 0.2) is 5.58 Å². The summed E-state index contributed by atoms with van der Waals surface area (Å²) in [6.45, 7) is 0.459. The van der Waals surface area contributed by atoms with Gasteiger partial charge in [0.05, 0.1) is 17.7 Å². The predicted molar refractivity (Wildman–Crippen MR) is 130 cm³/mol. The van der Waals surface area contributed by atoms with Crippen molar-refractivity contribution in [3.63, 3.8) is 0 Å². The van der Waals surface area contributed by atoms with E-state index in [1.54, 1.807) is 31.4 Å². The molecule has 3 aromatic carbocycles. The Hall–Kier alpha value is -3.56. The van der Waals surface area contributed by atoms with Gasteiger partial charge in [-0.1, -0.05) is 12.1 Å². The molecule has 1 N–H and O–H groups in total. The smallest absolute Gasteiger partial charge is 0.262 e. The van der Waals surface area contributed by atoms with Gasteiger partial charge in [-0.15, -0.1) is 0 Å². The summed E-state index contributed by atoms with van der Waals surface area (Å²) in [5.74, 6) is 1.61. The number of hydrogen-bond donors (Lipinski definition) is 1. The van der Waals surface area contributed by atoms with Crippen LogP contribution in [-0.4, -0.2) is 52.2 Å². The molecule has 2 heterocycles. The highest BCUT2D eigenvalue weighted by atomic mass is 32.2. The maximum absolute atomic E-state index is 13.2. The van der Waals surface area contributed by atoms with Crippen LogP contribution in [0, 0.1) is 0 Å². The van der Waals surface area contributed by atoms with Crippen molar-refractivity contribution in [2.24, 2.45) is 0 Å². The van der Waals surface area contributed by atoms with Crippen molar-refractivity contribution in [1.82, 2.24) is 9.88 Å². The van der Waals surface area contributed by atoms with Crippen LogP contribution in [0.2, 0.25) is 0 Å². The number of ether oxygens (including phenoxy) is 2. The Kier molecular flexibility index (Phi) is 5.66. The van der Waals surface area contributed by atoms with Crippen LogP contribution in [0.1, 0.15) is 5.56 Å². The second-order valence-corrected chi connectivity index (χ2v) is 10.1. The topological polar surface area (TPSA) is 93.9 Å². The Bertz CT molecular complexity index is 1410. The molecule has 8 nitrogen and oxygen atoms in total. The van der Waals surface area contributed by atoms with E-state index in [0.29, 0.717) is 47.3 Å². The number of fused-ring (bicyclic) bond motifs is 2. The Morgan fingerprint density at radius 3 is 2.53 bits per heavy atom. The van der Waals surface area contributed by atoms with Crippen molar-refractivity contribution in [2.45, 2.75) is 17.4 Å². The van der Waals surface area contributed by atoms with Gasteiger partial charge in [-0.05, 0) is 69.0 Å². The van der Waals surface area contributed by atoms with E-state index < -0.39 is 10.0 Å². The Labute approximate surface area is 198 Å². The lowest BCUT2D eigenvalue weighted by Gasteiger charge is -2.32. The van der Waals surface area contributed by atoms with E-state index in [0.717, 1.165) is 11.1 Å². The molecule has 0 radical (unpaired) electrons. The first-order valence-corrected chi connectivity index (χ1v) is 12.3. The van der Waals surface area contributed by atoms with Crippen molar-refractivity contribution in [3.8, 4) is 23.0 Å². The molecule has 0 unspecified atom stereocenters. The summed E-state index contributed by atoms with van der Waals surface area (Å²) in [7, 11) is 1.72. The number of nitrogens with one attached hydrogen (secondary N) is 1. The molecule has 0 saturated carbocycles. The highest BCUT2D eigenvalue weighted by Gasteiger charge is 2.28. The second-order valence-electron chi connectivity index (χ2n) is 8.37. The van der Waals surface area contributed by atoms with Crippen LogP contribution in [0.4, 0.5) is 5.69 Å². The summed E-state index contributed by atoms with van der Waals surface area (Å²) < 4.78 is 46.3. The summed E-state index contributed by atoms with van der Waals surface area (Å²) in [5.41, 5.74) is 3.35. The summed E-state index contributed by atoms with van der Waals surface area (Å²) in [5, 5.41) is 0. The van der Waals surface area contributed by atoms with Crippen molar-refractivity contribution >= 4 is 26.8 Å². The summed E-state index contributed by atoms with van der Waals surface area (Å²) in [6.07, 6.45) is 0.695. The quantitative estimate of drug-likeness (QED) is 0.444. The third-order valence-electron chi connectivity index (χ3n) is 5.98. The van der Waals surface area contributed by atoms with Crippen molar-refractivity contribution in [3.05, 3.63) is 66.2 Å². The van der Waals surface area contributed by atoms with E-state index in [2.05, 4.69) is 14.6 Å². The zero-order valence-corrected chi connectivity index (χ0v) is 19.9. The normalized spacial score (nSPS) is 15.7. The maximum atomic E-state index is 13.2. The lowest BCUT2D eigenvalue weighted by Crippen LogP contribution is -2.38. The number of nitrogens with zero attached hydrogens (tertiary/aromatic N) is 2. The van der Waals surface area contributed by atoms with Gasteiger partial charge in [-0.25, -0.2) is 13.4 Å². The number of sulfonamides is 1. The van der Waals surface area contributed by atoms with Crippen LogP contribution >= 0.6 is 0 Å². The van der Waals surface area contributed by atoms with Crippen LogP contribution < -0.4 is 14.2 Å². The number of methoxy groups -OCH3 is 1.